The van der Waals surface area contributed by atoms with Crippen molar-refractivity contribution in [1.29, 1.82) is 0 Å². The standard InChI is InChI=1S/C22H21Cl2FN2O2/c23-18-6-8-21(29-15-16-5-7-19(25)13-20(16)24)17(12-18)14-26-9-3-11-28-22-4-1-2-10-27-22/h1-2,4-8,10,12-13,26H,3,9,11,14-15H2. The highest BCUT2D eigenvalue weighted by atomic mass is 35.5. The van der Waals surface area contributed by atoms with Crippen LogP contribution in [0.2, 0.25) is 10.0 Å². The third-order valence-corrected chi connectivity index (χ3v) is 4.71. The first kappa shape index (κ1) is 21.4. The highest BCUT2D eigenvalue weighted by Gasteiger charge is 2.08. The lowest BCUT2D eigenvalue weighted by Crippen LogP contribution is -2.17. The summed E-state index contributed by atoms with van der Waals surface area (Å²) in [7, 11) is 0. The molecular formula is C22H21Cl2FN2O2. The summed E-state index contributed by atoms with van der Waals surface area (Å²) in [5.41, 5.74) is 1.65. The summed E-state index contributed by atoms with van der Waals surface area (Å²) in [6.07, 6.45) is 2.53. The molecule has 0 aliphatic carbocycles. The fourth-order valence-electron chi connectivity index (χ4n) is 2.65. The van der Waals surface area contributed by atoms with E-state index in [0.717, 1.165) is 18.5 Å². The van der Waals surface area contributed by atoms with E-state index in [1.165, 1.54) is 12.1 Å². The molecule has 4 nitrogen and oxygen atoms in total. The van der Waals surface area contributed by atoms with Crippen LogP contribution in [0.25, 0.3) is 0 Å². The first-order chi connectivity index (χ1) is 14.1. The van der Waals surface area contributed by atoms with Gasteiger partial charge < -0.3 is 14.8 Å². The molecule has 0 radical (unpaired) electrons. The molecule has 0 unspecified atom stereocenters. The largest absolute Gasteiger partial charge is 0.489 e. The van der Waals surface area contributed by atoms with Gasteiger partial charge in [-0.25, -0.2) is 9.37 Å². The van der Waals surface area contributed by atoms with Crippen LogP contribution in [-0.4, -0.2) is 18.1 Å². The normalized spacial score (nSPS) is 10.7. The summed E-state index contributed by atoms with van der Waals surface area (Å²) >= 11 is 12.2. The topological polar surface area (TPSA) is 43.4 Å². The molecule has 0 aliphatic heterocycles. The number of ether oxygens (including phenoxy) is 2. The second kappa shape index (κ2) is 11.0. The molecule has 0 fully saturated rings. The van der Waals surface area contributed by atoms with Crippen LogP contribution in [0, 0.1) is 5.82 Å². The molecule has 0 spiro atoms. The summed E-state index contributed by atoms with van der Waals surface area (Å²) in [5, 5.41) is 4.33. The fourth-order valence-corrected chi connectivity index (χ4v) is 3.07. The number of pyridine rings is 1. The number of nitrogens with one attached hydrogen (secondary N) is 1. The van der Waals surface area contributed by atoms with Gasteiger partial charge >= 0.3 is 0 Å². The minimum atomic E-state index is -0.373. The Labute approximate surface area is 179 Å². The molecule has 2 aromatic carbocycles. The Bertz CT molecular complexity index is 926. The van der Waals surface area contributed by atoms with E-state index in [4.69, 9.17) is 32.7 Å². The molecule has 29 heavy (non-hydrogen) atoms. The zero-order chi connectivity index (χ0) is 20.5. The quantitative estimate of drug-likeness (QED) is 0.417. The number of aromatic nitrogens is 1. The van der Waals surface area contributed by atoms with Gasteiger partial charge in [-0.15, -0.1) is 0 Å². The summed E-state index contributed by atoms with van der Waals surface area (Å²) in [6, 6.07) is 15.3. The van der Waals surface area contributed by atoms with E-state index >= 15 is 0 Å². The molecule has 1 N–H and O–H groups in total. The molecule has 7 heteroatoms. The maximum absolute atomic E-state index is 13.2. The van der Waals surface area contributed by atoms with Crippen molar-refractivity contribution in [1.82, 2.24) is 10.3 Å². The molecule has 3 aromatic rings. The fraction of sp³-hybridized carbons (Fsp3) is 0.227. The summed E-state index contributed by atoms with van der Waals surface area (Å²) in [5.74, 6) is 0.951. The van der Waals surface area contributed by atoms with Gasteiger partial charge in [0.15, 0.2) is 0 Å². The molecule has 152 valence electrons. The van der Waals surface area contributed by atoms with E-state index in [2.05, 4.69) is 10.3 Å². The number of hydrogen-bond donors (Lipinski definition) is 1. The van der Waals surface area contributed by atoms with Gasteiger partial charge in [0.2, 0.25) is 5.88 Å². The third kappa shape index (κ3) is 6.89. The van der Waals surface area contributed by atoms with E-state index in [-0.39, 0.29) is 12.4 Å². The van der Waals surface area contributed by atoms with E-state index in [0.29, 0.717) is 40.4 Å². The van der Waals surface area contributed by atoms with Crippen molar-refractivity contribution in [2.24, 2.45) is 0 Å². The average molecular weight is 435 g/mol. The highest BCUT2D eigenvalue weighted by molar-refractivity contribution is 6.31. The lowest BCUT2D eigenvalue weighted by molar-refractivity contribution is 0.294. The Morgan fingerprint density at radius 2 is 1.86 bits per heavy atom. The van der Waals surface area contributed by atoms with Gasteiger partial charge in [-0.05, 0) is 49.4 Å². The second-order valence-electron chi connectivity index (χ2n) is 6.32. The van der Waals surface area contributed by atoms with Gasteiger partial charge in [-0.1, -0.05) is 35.3 Å². The van der Waals surface area contributed by atoms with Crippen molar-refractivity contribution < 1.29 is 13.9 Å². The van der Waals surface area contributed by atoms with Crippen LogP contribution in [0.5, 0.6) is 11.6 Å². The van der Waals surface area contributed by atoms with Crippen LogP contribution in [0.4, 0.5) is 4.39 Å². The third-order valence-electron chi connectivity index (χ3n) is 4.12. The maximum Gasteiger partial charge on any atom is 0.213 e. The number of halogens is 3. The van der Waals surface area contributed by atoms with Crippen molar-refractivity contribution in [3.05, 3.63) is 87.8 Å². The lowest BCUT2D eigenvalue weighted by atomic mass is 10.2. The van der Waals surface area contributed by atoms with Gasteiger partial charge in [0.05, 0.1) is 11.6 Å². The molecule has 0 saturated carbocycles. The van der Waals surface area contributed by atoms with Crippen molar-refractivity contribution in [3.63, 3.8) is 0 Å². The molecule has 1 heterocycles. The van der Waals surface area contributed by atoms with Crippen molar-refractivity contribution in [2.45, 2.75) is 19.6 Å². The van der Waals surface area contributed by atoms with Gasteiger partial charge in [-0.3, -0.25) is 0 Å². The molecule has 0 atom stereocenters. The predicted molar refractivity (Wildman–Crippen MR) is 113 cm³/mol. The monoisotopic (exact) mass is 434 g/mol. The van der Waals surface area contributed by atoms with E-state index in [9.17, 15) is 4.39 Å². The van der Waals surface area contributed by atoms with E-state index in [1.54, 1.807) is 18.3 Å². The summed E-state index contributed by atoms with van der Waals surface area (Å²) in [6.45, 7) is 2.18. The highest BCUT2D eigenvalue weighted by Crippen LogP contribution is 2.25. The minimum Gasteiger partial charge on any atom is -0.489 e. The van der Waals surface area contributed by atoms with E-state index in [1.807, 2.05) is 30.3 Å². The van der Waals surface area contributed by atoms with E-state index < -0.39 is 0 Å². The number of nitrogens with zero attached hydrogens (tertiary/aromatic N) is 1. The Kier molecular flexibility index (Phi) is 8.11. The van der Waals surface area contributed by atoms with Crippen LogP contribution < -0.4 is 14.8 Å². The number of rotatable bonds is 10. The molecular weight excluding hydrogens is 414 g/mol. The zero-order valence-electron chi connectivity index (χ0n) is 15.7. The van der Waals surface area contributed by atoms with Gasteiger partial charge in [0, 0.05) is 35.0 Å². The van der Waals surface area contributed by atoms with Crippen LogP contribution in [0.1, 0.15) is 17.5 Å². The first-order valence-corrected chi connectivity index (χ1v) is 9.97. The Hall–Kier alpha value is -2.34. The number of hydrogen-bond acceptors (Lipinski definition) is 4. The van der Waals surface area contributed by atoms with Gasteiger partial charge in [0.25, 0.3) is 0 Å². The zero-order valence-corrected chi connectivity index (χ0v) is 17.2. The van der Waals surface area contributed by atoms with Crippen molar-refractivity contribution >= 4 is 23.2 Å². The minimum absolute atomic E-state index is 0.242. The SMILES string of the molecule is Fc1ccc(COc2ccc(Cl)cc2CNCCCOc2ccccn2)c(Cl)c1. The summed E-state index contributed by atoms with van der Waals surface area (Å²) < 4.78 is 24.7. The van der Waals surface area contributed by atoms with Crippen LogP contribution >= 0.6 is 23.2 Å². The van der Waals surface area contributed by atoms with Gasteiger partial charge in [-0.2, -0.15) is 0 Å². The Balaban J connectivity index is 1.48. The molecule has 0 amide bonds. The lowest BCUT2D eigenvalue weighted by Gasteiger charge is -2.14. The van der Waals surface area contributed by atoms with Crippen LogP contribution in [0.15, 0.2) is 60.8 Å². The Morgan fingerprint density at radius 3 is 2.66 bits per heavy atom. The van der Waals surface area contributed by atoms with Gasteiger partial charge in [0.1, 0.15) is 18.2 Å². The molecule has 1 aromatic heterocycles. The predicted octanol–water partition coefficient (Wildman–Crippen LogP) is 5.67. The average Bonchev–Trinajstić information content (AvgIpc) is 2.72. The summed E-state index contributed by atoms with van der Waals surface area (Å²) in [4.78, 5) is 4.12. The first-order valence-electron chi connectivity index (χ1n) is 9.21. The maximum atomic E-state index is 13.2. The molecule has 0 aliphatic rings. The smallest absolute Gasteiger partial charge is 0.213 e. The molecule has 0 saturated heterocycles. The van der Waals surface area contributed by atoms with Crippen molar-refractivity contribution in [2.75, 3.05) is 13.2 Å². The van der Waals surface area contributed by atoms with Crippen molar-refractivity contribution in [3.8, 4) is 11.6 Å². The number of benzene rings is 2. The van der Waals surface area contributed by atoms with Crippen LogP contribution in [-0.2, 0) is 13.2 Å². The molecule has 0 bridgehead atoms. The van der Waals surface area contributed by atoms with Crippen LogP contribution in [0.3, 0.4) is 0 Å². The second-order valence-corrected chi connectivity index (χ2v) is 7.17. The Morgan fingerprint density at radius 1 is 0.966 bits per heavy atom. The molecule has 3 rings (SSSR count).